The predicted molar refractivity (Wildman–Crippen MR) is 122 cm³/mol. The molecule has 0 aliphatic carbocycles. The van der Waals surface area contributed by atoms with Gasteiger partial charge in [-0.2, -0.15) is 0 Å². The number of esters is 1. The number of aromatic nitrogens is 1. The summed E-state index contributed by atoms with van der Waals surface area (Å²) in [5.41, 5.74) is 2.67. The normalized spacial score (nSPS) is 10.7. The molecule has 2 aromatic carbocycles. The maximum atomic E-state index is 11.3. The highest BCUT2D eigenvalue weighted by molar-refractivity contribution is 5.86. The summed E-state index contributed by atoms with van der Waals surface area (Å²) in [6.07, 6.45) is 3.56. The first kappa shape index (κ1) is 23.2. The van der Waals surface area contributed by atoms with Crippen molar-refractivity contribution in [3.8, 4) is 28.7 Å². The van der Waals surface area contributed by atoms with E-state index in [0.717, 1.165) is 42.3 Å². The molecule has 0 unspecified atom stereocenters. The molecule has 7 heteroatoms. The van der Waals surface area contributed by atoms with E-state index >= 15 is 0 Å². The predicted octanol–water partition coefficient (Wildman–Crippen LogP) is 5.57. The summed E-state index contributed by atoms with van der Waals surface area (Å²) in [5, 5.41) is 0. The van der Waals surface area contributed by atoms with Gasteiger partial charge in [-0.15, -0.1) is 0 Å². The van der Waals surface area contributed by atoms with Crippen molar-refractivity contribution < 1.29 is 28.2 Å². The summed E-state index contributed by atoms with van der Waals surface area (Å²) >= 11 is 0. The van der Waals surface area contributed by atoms with Crippen molar-refractivity contribution in [1.82, 2.24) is 4.98 Å². The number of nitrogens with zero attached hydrogens (tertiary/aromatic N) is 1. The average molecular weight is 440 g/mol. The molecule has 170 valence electrons. The molecule has 3 rings (SSSR count). The van der Waals surface area contributed by atoms with E-state index in [1.807, 2.05) is 36.4 Å². The fourth-order valence-electron chi connectivity index (χ4n) is 3.16. The number of methoxy groups -OCH3 is 2. The van der Waals surface area contributed by atoms with E-state index < -0.39 is 0 Å². The van der Waals surface area contributed by atoms with Gasteiger partial charge in [-0.25, -0.2) is 9.78 Å². The molecule has 32 heavy (non-hydrogen) atoms. The minimum atomic E-state index is -0.339. The third-order valence-corrected chi connectivity index (χ3v) is 4.87. The van der Waals surface area contributed by atoms with Crippen LogP contribution in [0, 0.1) is 0 Å². The molecule has 0 amide bonds. The SMILES string of the molecule is C=C(C)C(=O)OCCCCCCOc1c(OC)cc(-c2nc3ccccc3o2)cc1OC. The molecular formula is C25H29NO6. The molecule has 3 aromatic rings. The Kier molecular flexibility index (Phi) is 8.14. The Hall–Kier alpha value is -3.48. The van der Waals surface area contributed by atoms with Crippen LogP contribution in [0.3, 0.4) is 0 Å². The van der Waals surface area contributed by atoms with E-state index in [4.69, 9.17) is 23.4 Å². The van der Waals surface area contributed by atoms with Gasteiger partial charge in [0, 0.05) is 11.1 Å². The zero-order valence-corrected chi connectivity index (χ0v) is 18.8. The lowest BCUT2D eigenvalue weighted by atomic mass is 10.1. The zero-order chi connectivity index (χ0) is 22.9. The Morgan fingerprint density at radius 3 is 2.28 bits per heavy atom. The lowest BCUT2D eigenvalue weighted by Gasteiger charge is -2.15. The molecule has 0 spiro atoms. The monoisotopic (exact) mass is 439 g/mol. The van der Waals surface area contributed by atoms with Crippen LogP contribution in [0.5, 0.6) is 17.2 Å². The van der Waals surface area contributed by atoms with Gasteiger partial charge in [-0.05, 0) is 56.9 Å². The van der Waals surface area contributed by atoms with Crippen LogP contribution in [0.2, 0.25) is 0 Å². The van der Waals surface area contributed by atoms with Crippen molar-refractivity contribution in [3.05, 3.63) is 48.6 Å². The Balaban J connectivity index is 1.57. The summed E-state index contributed by atoms with van der Waals surface area (Å²) in [6, 6.07) is 11.3. The maximum absolute atomic E-state index is 11.3. The van der Waals surface area contributed by atoms with Gasteiger partial charge in [0.1, 0.15) is 5.52 Å². The number of rotatable bonds is 12. The number of para-hydroxylation sites is 2. The third-order valence-electron chi connectivity index (χ3n) is 4.87. The van der Waals surface area contributed by atoms with Crippen LogP contribution >= 0.6 is 0 Å². The van der Waals surface area contributed by atoms with E-state index in [-0.39, 0.29) is 5.97 Å². The van der Waals surface area contributed by atoms with Crippen LogP contribution in [-0.2, 0) is 9.53 Å². The van der Waals surface area contributed by atoms with Crippen LogP contribution < -0.4 is 14.2 Å². The Morgan fingerprint density at radius 1 is 1.00 bits per heavy atom. The minimum absolute atomic E-state index is 0.339. The molecule has 0 bridgehead atoms. The number of unbranched alkanes of at least 4 members (excludes halogenated alkanes) is 3. The second kappa shape index (κ2) is 11.2. The summed E-state index contributed by atoms with van der Waals surface area (Å²) in [5.74, 6) is 1.79. The highest BCUT2D eigenvalue weighted by Crippen LogP contribution is 2.41. The summed E-state index contributed by atoms with van der Waals surface area (Å²) in [7, 11) is 3.17. The van der Waals surface area contributed by atoms with Gasteiger partial charge in [0.05, 0.1) is 27.4 Å². The Bertz CT molecular complexity index is 1010. The molecule has 0 saturated heterocycles. The van der Waals surface area contributed by atoms with Gasteiger partial charge in [-0.1, -0.05) is 18.7 Å². The number of hydrogen-bond acceptors (Lipinski definition) is 7. The standard InChI is InChI=1S/C25H29NO6/c1-17(2)25(27)31-14-10-6-5-9-13-30-23-21(28-3)15-18(16-22(23)29-4)24-26-19-11-7-8-12-20(19)32-24/h7-8,11-12,15-16H,1,5-6,9-10,13-14H2,2-4H3. The van der Waals surface area contributed by atoms with Gasteiger partial charge in [0.15, 0.2) is 17.1 Å². The van der Waals surface area contributed by atoms with Gasteiger partial charge >= 0.3 is 5.97 Å². The number of ether oxygens (including phenoxy) is 4. The molecule has 0 aliphatic heterocycles. The number of fused-ring (bicyclic) bond motifs is 1. The topological polar surface area (TPSA) is 80.0 Å². The number of carbonyl (C=O) groups is 1. The van der Waals surface area contributed by atoms with Crippen molar-refractivity contribution in [1.29, 1.82) is 0 Å². The van der Waals surface area contributed by atoms with Crippen molar-refractivity contribution in [3.63, 3.8) is 0 Å². The van der Waals surface area contributed by atoms with E-state index in [1.54, 1.807) is 21.1 Å². The number of hydrogen-bond donors (Lipinski definition) is 0. The summed E-state index contributed by atoms with van der Waals surface area (Å²) < 4.78 is 28.0. The summed E-state index contributed by atoms with van der Waals surface area (Å²) in [6.45, 7) is 6.13. The van der Waals surface area contributed by atoms with Gasteiger partial charge < -0.3 is 23.4 Å². The van der Waals surface area contributed by atoms with Gasteiger partial charge in [0.25, 0.3) is 0 Å². The van der Waals surface area contributed by atoms with E-state index in [9.17, 15) is 4.79 Å². The molecule has 0 radical (unpaired) electrons. The largest absolute Gasteiger partial charge is 0.493 e. The zero-order valence-electron chi connectivity index (χ0n) is 18.8. The van der Waals surface area contributed by atoms with Crippen molar-refractivity contribution >= 4 is 17.1 Å². The van der Waals surface area contributed by atoms with Crippen LogP contribution in [0.25, 0.3) is 22.6 Å². The second-order valence-electron chi connectivity index (χ2n) is 7.38. The number of oxazole rings is 1. The van der Waals surface area contributed by atoms with Gasteiger partial charge in [-0.3, -0.25) is 0 Å². The summed E-state index contributed by atoms with van der Waals surface area (Å²) in [4.78, 5) is 15.9. The van der Waals surface area contributed by atoms with E-state index in [0.29, 0.717) is 41.9 Å². The minimum Gasteiger partial charge on any atom is -0.493 e. The van der Waals surface area contributed by atoms with Crippen LogP contribution in [0.4, 0.5) is 0 Å². The fraction of sp³-hybridized carbons (Fsp3) is 0.360. The molecule has 7 nitrogen and oxygen atoms in total. The fourth-order valence-corrected chi connectivity index (χ4v) is 3.16. The van der Waals surface area contributed by atoms with Crippen molar-refractivity contribution in [2.45, 2.75) is 32.6 Å². The number of carbonyl (C=O) groups excluding carboxylic acids is 1. The highest BCUT2D eigenvalue weighted by atomic mass is 16.5. The first-order chi connectivity index (χ1) is 15.5. The molecule has 1 aromatic heterocycles. The second-order valence-corrected chi connectivity index (χ2v) is 7.38. The molecule has 0 aliphatic rings. The molecule has 0 N–H and O–H groups in total. The maximum Gasteiger partial charge on any atom is 0.333 e. The van der Waals surface area contributed by atoms with Crippen LogP contribution in [0.1, 0.15) is 32.6 Å². The molecule has 0 atom stereocenters. The molecular weight excluding hydrogens is 410 g/mol. The van der Waals surface area contributed by atoms with Crippen molar-refractivity contribution in [2.75, 3.05) is 27.4 Å². The third kappa shape index (κ3) is 5.81. The van der Waals surface area contributed by atoms with Gasteiger partial charge in [0.2, 0.25) is 11.6 Å². The van der Waals surface area contributed by atoms with E-state index in [2.05, 4.69) is 11.6 Å². The molecule has 1 heterocycles. The first-order valence-electron chi connectivity index (χ1n) is 10.6. The highest BCUT2D eigenvalue weighted by Gasteiger charge is 2.18. The smallest absolute Gasteiger partial charge is 0.333 e. The molecule has 0 saturated carbocycles. The number of benzene rings is 2. The van der Waals surface area contributed by atoms with Crippen molar-refractivity contribution in [2.24, 2.45) is 0 Å². The van der Waals surface area contributed by atoms with Crippen LogP contribution in [0.15, 0.2) is 53.0 Å². The van der Waals surface area contributed by atoms with E-state index in [1.165, 1.54) is 0 Å². The first-order valence-corrected chi connectivity index (χ1v) is 10.6. The molecule has 0 fully saturated rings. The quantitative estimate of drug-likeness (QED) is 0.207. The lowest BCUT2D eigenvalue weighted by Crippen LogP contribution is -2.06. The Labute approximate surface area is 187 Å². The lowest BCUT2D eigenvalue weighted by molar-refractivity contribution is -0.139. The van der Waals surface area contributed by atoms with Crippen LogP contribution in [-0.4, -0.2) is 38.4 Å². The average Bonchev–Trinajstić information content (AvgIpc) is 3.24. The Morgan fingerprint density at radius 2 is 1.66 bits per heavy atom.